The number of aliphatic hydroxyl groups is 1. The van der Waals surface area contributed by atoms with Gasteiger partial charge in [0.25, 0.3) is 0 Å². The van der Waals surface area contributed by atoms with E-state index in [9.17, 15) is 0 Å². The van der Waals surface area contributed by atoms with Gasteiger partial charge in [0, 0.05) is 0 Å². The van der Waals surface area contributed by atoms with Crippen molar-refractivity contribution >= 4 is 5.69 Å². The van der Waals surface area contributed by atoms with E-state index in [-0.39, 0.29) is 12.7 Å². The number of para-hydroxylation sites is 2. The smallest absolute Gasteiger partial charge is 0.142 e. The lowest BCUT2D eigenvalue weighted by molar-refractivity contribution is 0.113. The molecule has 1 unspecified atom stereocenters. The maximum atomic E-state index is 8.91. The summed E-state index contributed by atoms with van der Waals surface area (Å²) in [5.41, 5.74) is 6.28. The van der Waals surface area contributed by atoms with E-state index < -0.39 is 0 Å². The second-order valence-electron chi connectivity index (χ2n) is 2.87. The highest BCUT2D eigenvalue weighted by Crippen LogP contribution is 2.21. The van der Waals surface area contributed by atoms with Gasteiger partial charge in [0.2, 0.25) is 0 Å². The number of nitrogen functional groups attached to an aromatic ring is 1. The average Bonchev–Trinajstić information content (AvgIpc) is 2.17. The van der Waals surface area contributed by atoms with Crippen LogP contribution in [0.15, 0.2) is 24.3 Å². The van der Waals surface area contributed by atoms with Crippen LogP contribution in [-0.4, -0.2) is 17.8 Å². The van der Waals surface area contributed by atoms with Crippen LogP contribution in [0.1, 0.15) is 13.3 Å². The quantitative estimate of drug-likeness (QED) is 0.691. The highest BCUT2D eigenvalue weighted by molar-refractivity contribution is 5.51. The third-order valence-corrected chi connectivity index (χ3v) is 1.87. The van der Waals surface area contributed by atoms with Gasteiger partial charge in [-0.25, -0.2) is 0 Å². The number of hydrogen-bond donors (Lipinski definition) is 2. The molecule has 0 aliphatic heterocycles. The molecule has 0 radical (unpaired) electrons. The Bertz CT molecular complexity index is 259. The Morgan fingerprint density at radius 1 is 1.46 bits per heavy atom. The lowest BCUT2D eigenvalue weighted by atomic mass is 10.2. The van der Waals surface area contributed by atoms with Crippen molar-refractivity contribution in [3.05, 3.63) is 24.3 Å². The molecule has 0 fully saturated rings. The van der Waals surface area contributed by atoms with E-state index in [0.717, 1.165) is 6.42 Å². The van der Waals surface area contributed by atoms with E-state index in [1.807, 2.05) is 19.1 Å². The SMILES string of the molecule is CCC(CO)Oc1ccccc1N. The Labute approximate surface area is 78.1 Å². The van der Waals surface area contributed by atoms with E-state index in [4.69, 9.17) is 15.6 Å². The summed E-state index contributed by atoms with van der Waals surface area (Å²) in [5.74, 6) is 0.642. The maximum Gasteiger partial charge on any atom is 0.142 e. The van der Waals surface area contributed by atoms with Crippen LogP contribution in [-0.2, 0) is 0 Å². The molecule has 0 amide bonds. The largest absolute Gasteiger partial charge is 0.486 e. The standard InChI is InChI=1S/C10H15NO2/c1-2-8(7-12)13-10-6-4-3-5-9(10)11/h3-6,8,12H,2,7,11H2,1H3. The summed E-state index contributed by atoms with van der Waals surface area (Å²) >= 11 is 0. The topological polar surface area (TPSA) is 55.5 Å². The Kier molecular flexibility index (Phi) is 3.58. The predicted octanol–water partition coefficient (Wildman–Crippen LogP) is 1.42. The molecule has 1 rings (SSSR count). The predicted molar refractivity (Wildman–Crippen MR) is 52.6 cm³/mol. The summed E-state index contributed by atoms with van der Waals surface area (Å²) in [7, 11) is 0. The number of benzene rings is 1. The van der Waals surface area contributed by atoms with Crippen LogP contribution < -0.4 is 10.5 Å². The van der Waals surface area contributed by atoms with E-state index in [1.165, 1.54) is 0 Å². The van der Waals surface area contributed by atoms with Gasteiger partial charge >= 0.3 is 0 Å². The summed E-state index contributed by atoms with van der Waals surface area (Å²) in [6, 6.07) is 7.28. The minimum absolute atomic E-state index is 0.0187. The molecule has 1 atom stereocenters. The number of ether oxygens (including phenoxy) is 1. The first-order valence-electron chi connectivity index (χ1n) is 4.40. The summed E-state index contributed by atoms with van der Waals surface area (Å²) in [6.07, 6.45) is 0.606. The summed E-state index contributed by atoms with van der Waals surface area (Å²) in [5, 5.41) is 8.91. The van der Waals surface area contributed by atoms with Gasteiger partial charge in [-0.1, -0.05) is 19.1 Å². The lowest BCUT2D eigenvalue weighted by Crippen LogP contribution is -2.20. The summed E-state index contributed by atoms with van der Waals surface area (Å²) in [4.78, 5) is 0. The monoisotopic (exact) mass is 181 g/mol. The van der Waals surface area contributed by atoms with Gasteiger partial charge < -0.3 is 15.6 Å². The van der Waals surface area contributed by atoms with Crippen LogP contribution >= 0.6 is 0 Å². The number of anilines is 1. The van der Waals surface area contributed by atoms with Crippen LogP contribution in [0.5, 0.6) is 5.75 Å². The molecule has 72 valence electrons. The first kappa shape index (κ1) is 9.86. The minimum atomic E-state index is -0.162. The van der Waals surface area contributed by atoms with Gasteiger partial charge in [-0.2, -0.15) is 0 Å². The van der Waals surface area contributed by atoms with Crippen LogP contribution in [0, 0.1) is 0 Å². The van der Waals surface area contributed by atoms with Gasteiger partial charge in [0.05, 0.1) is 12.3 Å². The number of rotatable bonds is 4. The van der Waals surface area contributed by atoms with E-state index >= 15 is 0 Å². The van der Waals surface area contributed by atoms with Crippen molar-refractivity contribution in [3.8, 4) is 5.75 Å². The van der Waals surface area contributed by atoms with Gasteiger partial charge in [-0.15, -0.1) is 0 Å². The second-order valence-corrected chi connectivity index (χ2v) is 2.87. The van der Waals surface area contributed by atoms with Crippen molar-refractivity contribution in [2.45, 2.75) is 19.4 Å². The third-order valence-electron chi connectivity index (χ3n) is 1.87. The van der Waals surface area contributed by atoms with Crippen LogP contribution in [0.4, 0.5) is 5.69 Å². The number of hydrogen-bond acceptors (Lipinski definition) is 3. The van der Waals surface area contributed by atoms with Crippen molar-refractivity contribution in [2.75, 3.05) is 12.3 Å². The normalized spacial score (nSPS) is 12.5. The Balaban J connectivity index is 2.67. The fraction of sp³-hybridized carbons (Fsp3) is 0.400. The molecule has 3 heteroatoms. The zero-order valence-electron chi connectivity index (χ0n) is 7.73. The first-order chi connectivity index (χ1) is 6.27. The molecule has 0 aliphatic carbocycles. The van der Waals surface area contributed by atoms with Crippen molar-refractivity contribution < 1.29 is 9.84 Å². The molecule has 0 saturated carbocycles. The fourth-order valence-corrected chi connectivity index (χ4v) is 1.02. The Hall–Kier alpha value is -1.22. The molecule has 0 aliphatic rings. The average molecular weight is 181 g/mol. The Morgan fingerprint density at radius 3 is 2.69 bits per heavy atom. The van der Waals surface area contributed by atoms with Crippen LogP contribution in [0.2, 0.25) is 0 Å². The van der Waals surface area contributed by atoms with Crippen molar-refractivity contribution in [1.29, 1.82) is 0 Å². The first-order valence-corrected chi connectivity index (χ1v) is 4.40. The molecule has 0 bridgehead atoms. The summed E-state index contributed by atoms with van der Waals surface area (Å²) < 4.78 is 5.47. The molecule has 1 aromatic rings. The van der Waals surface area contributed by atoms with Gasteiger partial charge in [0.1, 0.15) is 11.9 Å². The number of aliphatic hydroxyl groups excluding tert-OH is 1. The molecule has 13 heavy (non-hydrogen) atoms. The molecular formula is C10H15NO2. The van der Waals surface area contributed by atoms with E-state index in [2.05, 4.69) is 0 Å². The molecule has 1 aromatic carbocycles. The highest BCUT2D eigenvalue weighted by atomic mass is 16.5. The molecule has 3 nitrogen and oxygen atoms in total. The second kappa shape index (κ2) is 4.72. The van der Waals surface area contributed by atoms with Crippen LogP contribution in [0.25, 0.3) is 0 Å². The fourth-order valence-electron chi connectivity index (χ4n) is 1.02. The van der Waals surface area contributed by atoms with E-state index in [0.29, 0.717) is 11.4 Å². The number of nitrogens with two attached hydrogens (primary N) is 1. The molecule has 0 saturated heterocycles. The zero-order valence-corrected chi connectivity index (χ0v) is 7.73. The van der Waals surface area contributed by atoms with Crippen molar-refractivity contribution in [3.63, 3.8) is 0 Å². The molecule has 0 spiro atoms. The van der Waals surface area contributed by atoms with Gasteiger partial charge in [0.15, 0.2) is 0 Å². The zero-order chi connectivity index (χ0) is 9.68. The molecule has 0 heterocycles. The van der Waals surface area contributed by atoms with Crippen molar-refractivity contribution in [1.82, 2.24) is 0 Å². The van der Waals surface area contributed by atoms with Gasteiger partial charge in [-0.05, 0) is 18.6 Å². The third kappa shape index (κ3) is 2.63. The highest BCUT2D eigenvalue weighted by Gasteiger charge is 2.07. The molecule has 0 aromatic heterocycles. The van der Waals surface area contributed by atoms with Gasteiger partial charge in [-0.3, -0.25) is 0 Å². The lowest BCUT2D eigenvalue weighted by Gasteiger charge is -2.15. The molecule has 3 N–H and O–H groups in total. The van der Waals surface area contributed by atoms with E-state index in [1.54, 1.807) is 12.1 Å². The maximum absolute atomic E-state index is 8.91. The molecular weight excluding hydrogens is 166 g/mol. The summed E-state index contributed by atoms with van der Waals surface area (Å²) in [6.45, 7) is 1.98. The van der Waals surface area contributed by atoms with Crippen molar-refractivity contribution in [2.24, 2.45) is 0 Å². The minimum Gasteiger partial charge on any atom is -0.486 e. The van der Waals surface area contributed by atoms with Crippen LogP contribution in [0.3, 0.4) is 0 Å². The Morgan fingerprint density at radius 2 is 2.15 bits per heavy atom.